The van der Waals surface area contributed by atoms with Gasteiger partial charge in [0.2, 0.25) is 0 Å². The van der Waals surface area contributed by atoms with Gasteiger partial charge in [-0.3, -0.25) is 0 Å². The average molecular weight is 364 g/mol. The summed E-state index contributed by atoms with van der Waals surface area (Å²) in [5.74, 6) is 0.521. The largest absolute Gasteiger partial charge is 0.493 e. The zero-order valence-electron chi connectivity index (χ0n) is 15.4. The summed E-state index contributed by atoms with van der Waals surface area (Å²) in [6.45, 7) is 0. The van der Waals surface area contributed by atoms with Crippen LogP contribution in [-0.2, 0) is 14.9 Å². The molecule has 0 aliphatic heterocycles. The minimum atomic E-state index is -1.11. The van der Waals surface area contributed by atoms with Gasteiger partial charge in [0.05, 0.1) is 33.0 Å². The highest BCUT2D eigenvalue weighted by molar-refractivity contribution is 5.99. The van der Waals surface area contributed by atoms with E-state index in [4.69, 9.17) is 19.9 Å². The summed E-state index contributed by atoms with van der Waals surface area (Å²) in [4.78, 5) is 12.3. The predicted octanol–water partition coefficient (Wildman–Crippen LogP) is 2.76. The van der Waals surface area contributed by atoms with E-state index in [2.05, 4.69) is 6.07 Å². The van der Waals surface area contributed by atoms with Crippen LogP contribution in [0.15, 0.2) is 48.0 Å². The van der Waals surface area contributed by atoms with Crippen LogP contribution in [-0.4, -0.2) is 27.3 Å². The Kier molecular flexibility index (Phi) is 4.78. The fraction of sp³-hybridized carbons (Fsp3) is 0.238. The molecule has 0 bridgehead atoms. The number of carbonyl (C=O) groups excluding carboxylic acids is 1. The number of rotatable bonds is 4. The molecule has 0 aromatic heterocycles. The second-order valence-corrected chi connectivity index (χ2v) is 6.19. The van der Waals surface area contributed by atoms with Crippen LogP contribution in [0.25, 0.3) is 5.70 Å². The highest BCUT2D eigenvalue weighted by atomic mass is 16.5. The number of hydrogen-bond donors (Lipinski definition) is 1. The molecule has 2 aromatic rings. The molecule has 0 radical (unpaired) electrons. The summed E-state index contributed by atoms with van der Waals surface area (Å²) in [6, 6.07) is 15.1. The van der Waals surface area contributed by atoms with Gasteiger partial charge < -0.3 is 19.9 Å². The molecule has 27 heavy (non-hydrogen) atoms. The molecule has 2 aromatic carbocycles. The van der Waals surface area contributed by atoms with Crippen molar-refractivity contribution < 1.29 is 19.0 Å². The maximum atomic E-state index is 12.3. The Morgan fingerprint density at radius 1 is 1.11 bits per heavy atom. The highest BCUT2D eigenvalue weighted by Crippen LogP contribution is 2.47. The van der Waals surface area contributed by atoms with Crippen molar-refractivity contribution in [2.45, 2.75) is 11.8 Å². The van der Waals surface area contributed by atoms with Crippen LogP contribution in [0, 0.1) is 11.3 Å². The van der Waals surface area contributed by atoms with Crippen molar-refractivity contribution in [2.24, 2.45) is 5.73 Å². The van der Waals surface area contributed by atoms with Crippen LogP contribution < -0.4 is 15.2 Å². The van der Waals surface area contributed by atoms with E-state index in [-0.39, 0.29) is 12.0 Å². The second kappa shape index (κ2) is 7.04. The quantitative estimate of drug-likeness (QED) is 0.838. The number of nitriles is 1. The first kappa shape index (κ1) is 18.3. The molecule has 0 heterocycles. The Morgan fingerprint density at radius 3 is 2.44 bits per heavy atom. The topological polar surface area (TPSA) is 94.6 Å². The Labute approximate surface area is 157 Å². The maximum absolute atomic E-state index is 12.3. The van der Waals surface area contributed by atoms with Crippen LogP contribution in [0.3, 0.4) is 0 Å². The molecule has 1 aliphatic rings. The molecule has 2 N–H and O–H groups in total. The van der Waals surface area contributed by atoms with Crippen molar-refractivity contribution in [1.82, 2.24) is 0 Å². The van der Waals surface area contributed by atoms with Crippen LogP contribution in [0.2, 0.25) is 0 Å². The van der Waals surface area contributed by atoms with Gasteiger partial charge >= 0.3 is 5.97 Å². The lowest BCUT2D eigenvalue weighted by atomic mass is 9.66. The van der Waals surface area contributed by atoms with E-state index in [1.165, 1.54) is 14.2 Å². The van der Waals surface area contributed by atoms with E-state index in [9.17, 15) is 10.1 Å². The second-order valence-electron chi connectivity index (χ2n) is 6.19. The minimum Gasteiger partial charge on any atom is -0.493 e. The molecule has 1 aliphatic carbocycles. The third-order valence-corrected chi connectivity index (χ3v) is 4.94. The van der Waals surface area contributed by atoms with Gasteiger partial charge in [-0.15, -0.1) is 0 Å². The zero-order chi connectivity index (χ0) is 19.6. The number of fused-ring (bicyclic) bond motifs is 1. The van der Waals surface area contributed by atoms with Crippen LogP contribution in [0.1, 0.15) is 23.1 Å². The van der Waals surface area contributed by atoms with E-state index < -0.39 is 11.4 Å². The standard InChI is InChI=1S/C21H20N2O4/c1-25-17-9-8-13(10-18(17)26-2)21(12-22)11-15(20(24)27-3)19(23)14-6-4-5-7-16(14)21/h4-10H,11,23H2,1-3H3. The molecule has 1 atom stereocenters. The molecule has 3 rings (SSSR count). The fourth-order valence-corrected chi connectivity index (χ4v) is 3.54. The number of benzene rings is 2. The summed E-state index contributed by atoms with van der Waals surface area (Å²) in [5, 5.41) is 10.3. The van der Waals surface area contributed by atoms with E-state index >= 15 is 0 Å². The number of hydrogen-bond acceptors (Lipinski definition) is 6. The summed E-state index contributed by atoms with van der Waals surface area (Å²) in [7, 11) is 4.38. The predicted molar refractivity (Wildman–Crippen MR) is 100 cm³/mol. The molecule has 138 valence electrons. The van der Waals surface area contributed by atoms with Gasteiger partial charge in [0.15, 0.2) is 11.5 Å². The van der Waals surface area contributed by atoms with E-state index in [0.717, 1.165) is 5.56 Å². The van der Waals surface area contributed by atoms with Gasteiger partial charge in [0.1, 0.15) is 5.41 Å². The Hall–Kier alpha value is -3.46. The summed E-state index contributed by atoms with van der Waals surface area (Å²) in [6.07, 6.45) is 0.106. The number of nitrogens with two attached hydrogens (primary N) is 1. The first-order valence-corrected chi connectivity index (χ1v) is 8.33. The molecule has 0 amide bonds. The molecule has 0 saturated carbocycles. The van der Waals surface area contributed by atoms with Crippen LogP contribution in [0.4, 0.5) is 0 Å². The summed E-state index contributed by atoms with van der Waals surface area (Å²) >= 11 is 0. The molecule has 0 saturated heterocycles. The first-order chi connectivity index (χ1) is 13.0. The Bertz CT molecular complexity index is 974. The Balaban J connectivity index is 2.30. The van der Waals surface area contributed by atoms with Crippen molar-refractivity contribution in [3.8, 4) is 17.6 Å². The molecular formula is C21H20N2O4. The number of methoxy groups -OCH3 is 3. The normalized spacial score (nSPS) is 18.3. The first-order valence-electron chi connectivity index (χ1n) is 8.33. The van der Waals surface area contributed by atoms with Crippen LogP contribution in [0.5, 0.6) is 11.5 Å². The number of carbonyl (C=O) groups is 1. The van der Waals surface area contributed by atoms with Gasteiger partial charge in [-0.25, -0.2) is 4.79 Å². The monoisotopic (exact) mass is 364 g/mol. The zero-order valence-corrected chi connectivity index (χ0v) is 15.4. The minimum absolute atomic E-state index is 0.106. The lowest BCUT2D eigenvalue weighted by Gasteiger charge is -2.35. The van der Waals surface area contributed by atoms with Gasteiger partial charge in [0, 0.05) is 17.7 Å². The van der Waals surface area contributed by atoms with Gasteiger partial charge in [-0.05, 0) is 23.3 Å². The molecule has 6 heteroatoms. The van der Waals surface area contributed by atoms with Gasteiger partial charge in [-0.2, -0.15) is 5.26 Å². The lowest BCUT2D eigenvalue weighted by molar-refractivity contribution is -0.136. The van der Waals surface area contributed by atoms with Crippen molar-refractivity contribution in [3.63, 3.8) is 0 Å². The van der Waals surface area contributed by atoms with E-state index in [0.29, 0.717) is 28.3 Å². The lowest BCUT2D eigenvalue weighted by Crippen LogP contribution is -2.34. The fourth-order valence-electron chi connectivity index (χ4n) is 3.54. The van der Waals surface area contributed by atoms with Gasteiger partial charge in [0.25, 0.3) is 0 Å². The smallest absolute Gasteiger partial charge is 0.335 e. The number of nitrogens with zero attached hydrogens (tertiary/aromatic N) is 1. The summed E-state index contributed by atoms with van der Waals surface area (Å²) < 4.78 is 15.6. The summed E-state index contributed by atoms with van der Waals surface area (Å²) in [5.41, 5.74) is 7.84. The van der Waals surface area contributed by atoms with Crippen molar-refractivity contribution in [1.29, 1.82) is 5.26 Å². The third-order valence-electron chi connectivity index (χ3n) is 4.94. The van der Waals surface area contributed by atoms with E-state index in [1.807, 2.05) is 18.2 Å². The highest BCUT2D eigenvalue weighted by Gasteiger charge is 2.43. The SMILES string of the molecule is COC(=O)C1=C(N)c2ccccc2C(C#N)(c2ccc(OC)c(OC)c2)C1. The van der Waals surface area contributed by atoms with E-state index in [1.54, 1.807) is 31.4 Å². The molecule has 6 nitrogen and oxygen atoms in total. The van der Waals surface area contributed by atoms with Crippen LogP contribution >= 0.6 is 0 Å². The number of esters is 1. The third kappa shape index (κ3) is 2.77. The Morgan fingerprint density at radius 2 is 1.81 bits per heavy atom. The maximum Gasteiger partial charge on any atom is 0.335 e. The van der Waals surface area contributed by atoms with Crippen molar-refractivity contribution in [2.75, 3.05) is 21.3 Å². The number of ether oxygens (including phenoxy) is 3. The van der Waals surface area contributed by atoms with Crippen molar-refractivity contribution >= 4 is 11.7 Å². The molecular weight excluding hydrogens is 344 g/mol. The van der Waals surface area contributed by atoms with Gasteiger partial charge in [-0.1, -0.05) is 30.3 Å². The average Bonchev–Trinajstić information content (AvgIpc) is 2.73. The molecule has 0 fully saturated rings. The van der Waals surface area contributed by atoms with Crippen molar-refractivity contribution in [3.05, 3.63) is 64.7 Å². The molecule has 0 spiro atoms. The molecule has 1 unspecified atom stereocenters.